The Morgan fingerprint density at radius 2 is 2.04 bits per heavy atom. The molecule has 0 unspecified atom stereocenters. The summed E-state index contributed by atoms with van der Waals surface area (Å²) in [6.45, 7) is 6.18. The first kappa shape index (κ1) is 17.8. The fourth-order valence-corrected chi connectivity index (χ4v) is 3.22. The molecule has 0 aliphatic heterocycles. The molecule has 1 heterocycles. The van der Waals surface area contributed by atoms with Crippen molar-refractivity contribution in [3.63, 3.8) is 0 Å². The number of nitrogens with one attached hydrogen (secondary N) is 2. The second kappa shape index (κ2) is 8.34. The third-order valence-electron chi connectivity index (χ3n) is 4.84. The van der Waals surface area contributed by atoms with Crippen molar-refractivity contribution in [1.29, 1.82) is 0 Å². The quantitative estimate of drug-likeness (QED) is 0.596. The topological polar surface area (TPSA) is 71.7 Å². The van der Waals surface area contributed by atoms with E-state index in [0.717, 1.165) is 37.0 Å². The van der Waals surface area contributed by atoms with E-state index in [1.165, 1.54) is 25.7 Å². The Labute approximate surface area is 139 Å². The van der Waals surface area contributed by atoms with Gasteiger partial charge in [0.2, 0.25) is 5.89 Å². The molecule has 23 heavy (non-hydrogen) atoms. The standard InChI is InChI=1S/C17H30N4O2/c1-13-14(2)23-15(21-13)11-19-16(18-3)20-12-17(9-10-22-4)7-5-6-8-17/h5-12H2,1-4H3,(H2,18,19,20). The molecule has 6 nitrogen and oxygen atoms in total. The fraction of sp³-hybridized carbons (Fsp3) is 0.765. The van der Waals surface area contributed by atoms with Crippen molar-refractivity contribution in [3.05, 3.63) is 17.3 Å². The van der Waals surface area contributed by atoms with Gasteiger partial charge in [-0.15, -0.1) is 0 Å². The number of nitrogens with zero attached hydrogens (tertiary/aromatic N) is 2. The molecule has 0 amide bonds. The van der Waals surface area contributed by atoms with E-state index in [1.807, 2.05) is 13.8 Å². The molecule has 0 radical (unpaired) electrons. The maximum absolute atomic E-state index is 5.59. The first-order valence-electron chi connectivity index (χ1n) is 8.45. The summed E-state index contributed by atoms with van der Waals surface area (Å²) < 4.78 is 10.9. The molecule has 2 rings (SSSR count). The van der Waals surface area contributed by atoms with E-state index < -0.39 is 0 Å². The molecule has 6 heteroatoms. The molecule has 0 bridgehead atoms. The van der Waals surface area contributed by atoms with E-state index in [-0.39, 0.29) is 0 Å². The van der Waals surface area contributed by atoms with Crippen molar-refractivity contribution in [2.45, 2.75) is 52.5 Å². The van der Waals surface area contributed by atoms with Gasteiger partial charge in [0.1, 0.15) is 5.76 Å². The number of aromatic nitrogens is 1. The summed E-state index contributed by atoms with van der Waals surface area (Å²) in [5.41, 5.74) is 1.28. The smallest absolute Gasteiger partial charge is 0.214 e. The molecule has 1 fully saturated rings. The van der Waals surface area contributed by atoms with Gasteiger partial charge in [0.15, 0.2) is 5.96 Å². The highest BCUT2D eigenvalue weighted by Crippen LogP contribution is 2.40. The summed E-state index contributed by atoms with van der Waals surface area (Å²) in [5.74, 6) is 2.36. The number of guanidine groups is 1. The predicted octanol–water partition coefficient (Wildman–Crippen LogP) is 2.55. The number of oxazole rings is 1. The van der Waals surface area contributed by atoms with Crippen LogP contribution in [0, 0.1) is 19.3 Å². The SMILES string of the molecule is CN=C(NCc1nc(C)c(C)o1)NCC1(CCOC)CCCC1. The highest BCUT2D eigenvalue weighted by molar-refractivity contribution is 5.79. The fourth-order valence-electron chi connectivity index (χ4n) is 3.22. The molecule has 0 spiro atoms. The third-order valence-corrected chi connectivity index (χ3v) is 4.84. The van der Waals surface area contributed by atoms with Crippen molar-refractivity contribution in [2.24, 2.45) is 10.4 Å². The average Bonchev–Trinajstić information content (AvgIpc) is 3.13. The van der Waals surface area contributed by atoms with Crippen LogP contribution in [0.4, 0.5) is 0 Å². The number of ether oxygens (including phenoxy) is 1. The number of hydrogen-bond donors (Lipinski definition) is 2. The van der Waals surface area contributed by atoms with E-state index in [2.05, 4.69) is 20.6 Å². The van der Waals surface area contributed by atoms with Gasteiger partial charge in [0.05, 0.1) is 12.2 Å². The number of methoxy groups -OCH3 is 1. The zero-order valence-electron chi connectivity index (χ0n) is 14.9. The summed E-state index contributed by atoms with van der Waals surface area (Å²) >= 11 is 0. The highest BCUT2D eigenvalue weighted by atomic mass is 16.5. The third kappa shape index (κ3) is 4.96. The Hall–Kier alpha value is -1.56. The van der Waals surface area contributed by atoms with E-state index in [4.69, 9.17) is 9.15 Å². The van der Waals surface area contributed by atoms with Crippen LogP contribution < -0.4 is 10.6 Å². The van der Waals surface area contributed by atoms with Gasteiger partial charge in [0.25, 0.3) is 0 Å². The van der Waals surface area contributed by atoms with E-state index in [0.29, 0.717) is 17.9 Å². The Balaban J connectivity index is 1.84. The normalized spacial score (nSPS) is 17.5. The summed E-state index contributed by atoms with van der Waals surface area (Å²) in [6.07, 6.45) is 6.25. The Bertz CT molecular complexity index is 499. The molecule has 1 saturated carbocycles. The second-order valence-corrected chi connectivity index (χ2v) is 6.48. The van der Waals surface area contributed by atoms with Crippen LogP contribution in [0.1, 0.15) is 49.4 Å². The second-order valence-electron chi connectivity index (χ2n) is 6.48. The van der Waals surface area contributed by atoms with Gasteiger partial charge >= 0.3 is 0 Å². The Kier molecular flexibility index (Phi) is 6.45. The Morgan fingerprint density at radius 1 is 1.30 bits per heavy atom. The van der Waals surface area contributed by atoms with Crippen molar-refractivity contribution in [3.8, 4) is 0 Å². The lowest BCUT2D eigenvalue weighted by atomic mass is 9.83. The molecular formula is C17H30N4O2. The van der Waals surface area contributed by atoms with Crippen molar-refractivity contribution in [2.75, 3.05) is 27.3 Å². The van der Waals surface area contributed by atoms with Crippen molar-refractivity contribution in [1.82, 2.24) is 15.6 Å². The minimum Gasteiger partial charge on any atom is -0.444 e. The van der Waals surface area contributed by atoms with Gasteiger partial charge in [-0.05, 0) is 38.5 Å². The molecule has 2 N–H and O–H groups in total. The molecule has 1 aliphatic carbocycles. The van der Waals surface area contributed by atoms with Crippen molar-refractivity contribution >= 4 is 5.96 Å². The summed E-state index contributed by atoms with van der Waals surface area (Å²) in [5, 5.41) is 6.74. The zero-order chi connectivity index (χ0) is 16.7. The maximum atomic E-state index is 5.59. The lowest BCUT2D eigenvalue weighted by Gasteiger charge is -2.29. The van der Waals surface area contributed by atoms with Crippen LogP contribution in [0.3, 0.4) is 0 Å². The van der Waals surface area contributed by atoms with E-state index in [9.17, 15) is 0 Å². The van der Waals surface area contributed by atoms with Gasteiger partial charge in [-0.2, -0.15) is 0 Å². The minimum absolute atomic E-state index is 0.337. The Morgan fingerprint density at radius 3 is 2.61 bits per heavy atom. The monoisotopic (exact) mass is 322 g/mol. The summed E-state index contributed by atoms with van der Waals surface area (Å²) in [4.78, 5) is 8.68. The molecule has 1 aromatic heterocycles. The zero-order valence-corrected chi connectivity index (χ0v) is 14.9. The number of hydrogen-bond acceptors (Lipinski definition) is 4. The number of aliphatic imine (C=N–C) groups is 1. The molecule has 1 aliphatic rings. The summed E-state index contributed by atoms with van der Waals surface area (Å²) in [7, 11) is 3.56. The molecule has 0 atom stereocenters. The number of rotatable bonds is 7. The predicted molar refractivity (Wildman–Crippen MR) is 91.6 cm³/mol. The van der Waals surface area contributed by atoms with Crippen LogP contribution >= 0.6 is 0 Å². The lowest BCUT2D eigenvalue weighted by molar-refractivity contribution is 0.138. The molecular weight excluding hydrogens is 292 g/mol. The van der Waals surface area contributed by atoms with Gasteiger partial charge < -0.3 is 19.8 Å². The summed E-state index contributed by atoms with van der Waals surface area (Å²) in [6, 6.07) is 0. The molecule has 0 aromatic carbocycles. The largest absolute Gasteiger partial charge is 0.444 e. The van der Waals surface area contributed by atoms with Crippen LogP contribution in [-0.4, -0.2) is 38.3 Å². The lowest BCUT2D eigenvalue weighted by Crippen LogP contribution is -2.43. The maximum Gasteiger partial charge on any atom is 0.214 e. The first-order valence-corrected chi connectivity index (χ1v) is 8.45. The van der Waals surface area contributed by atoms with E-state index >= 15 is 0 Å². The van der Waals surface area contributed by atoms with Crippen LogP contribution in [0.15, 0.2) is 9.41 Å². The van der Waals surface area contributed by atoms with Crippen LogP contribution in [0.25, 0.3) is 0 Å². The van der Waals surface area contributed by atoms with Crippen LogP contribution in [0.2, 0.25) is 0 Å². The van der Waals surface area contributed by atoms with Gasteiger partial charge in [-0.3, -0.25) is 4.99 Å². The number of aryl methyl sites for hydroxylation is 2. The van der Waals surface area contributed by atoms with Crippen molar-refractivity contribution < 1.29 is 9.15 Å². The van der Waals surface area contributed by atoms with E-state index in [1.54, 1.807) is 14.2 Å². The first-order chi connectivity index (χ1) is 11.1. The molecule has 0 saturated heterocycles. The average molecular weight is 322 g/mol. The molecule has 130 valence electrons. The van der Waals surface area contributed by atoms with Gasteiger partial charge in [0, 0.05) is 27.3 Å². The van der Waals surface area contributed by atoms with Crippen LogP contribution in [0.5, 0.6) is 0 Å². The van der Waals surface area contributed by atoms with Gasteiger partial charge in [-0.1, -0.05) is 12.8 Å². The highest BCUT2D eigenvalue weighted by Gasteiger charge is 2.33. The van der Waals surface area contributed by atoms with Crippen LogP contribution in [-0.2, 0) is 11.3 Å². The van der Waals surface area contributed by atoms with Gasteiger partial charge in [-0.25, -0.2) is 4.98 Å². The minimum atomic E-state index is 0.337. The molecule has 1 aromatic rings.